The molecule has 21 heavy (non-hydrogen) atoms. The Morgan fingerprint density at radius 1 is 0.952 bits per heavy atom. The van der Waals surface area contributed by atoms with E-state index in [1.807, 2.05) is 6.92 Å². The van der Waals surface area contributed by atoms with Crippen molar-refractivity contribution < 1.29 is 15.0 Å². The summed E-state index contributed by atoms with van der Waals surface area (Å²) in [5.74, 6) is -0.709. The van der Waals surface area contributed by atoms with E-state index >= 15 is 0 Å². The number of carboxylic acid groups (broad SMARTS) is 1. The van der Waals surface area contributed by atoms with Gasteiger partial charge in [-0.05, 0) is 51.4 Å². The van der Waals surface area contributed by atoms with E-state index in [1.165, 1.54) is 0 Å². The molecule has 0 radical (unpaired) electrons. The summed E-state index contributed by atoms with van der Waals surface area (Å²) in [4.78, 5) is 10.3. The van der Waals surface area contributed by atoms with Crippen molar-refractivity contribution in [1.29, 1.82) is 0 Å². The second-order valence-corrected chi connectivity index (χ2v) is 5.16. The maximum atomic E-state index is 10.3. The number of allylic oxidation sites excluding steroid dienone is 6. The zero-order chi connectivity index (χ0) is 15.8. The van der Waals surface area contributed by atoms with Crippen molar-refractivity contribution in [2.24, 2.45) is 0 Å². The molecule has 3 heteroatoms. The Labute approximate surface area is 129 Å². The number of hydrogen-bond donors (Lipinski definition) is 2. The number of carbonyl (C=O) groups is 1. The van der Waals surface area contributed by atoms with Crippen LogP contribution < -0.4 is 0 Å². The van der Waals surface area contributed by atoms with Gasteiger partial charge in [0, 0.05) is 6.42 Å². The van der Waals surface area contributed by atoms with E-state index in [4.69, 9.17) is 5.11 Å². The lowest BCUT2D eigenvalue weighted by molar-refractivity contribution is -0.137. The molecule has 2 N–H and O–H groups in total. The molecule has 1 atom stereocenters. The topological polar surface area (TPSA) is 57.5 Å². The van der Waals surface area contributed by atoms with Gasteiger partial charge in [0.1, 0.15) is 0 Å². The van der Waals surface area contributed by atoms with Gasteiger partial charge in [-0.1, -0.05) is 43.4 Å². The Balaban J connectivity index is 3.39. The van der Waals surface area contributed by atoms with Crippen LogP contribution in [0.25, 0.3) is 0 Å². The summed E-state index contributed by atoms with van der Waals surface area (Å²) in [6.45, 7) is 2.00. The highest BCUT2D eigenvalue weighted by molar-refractivity contribution is 5.66. The van der Waals surface area contributed by atoms with Crippen molar-refractivity contribution in [2.75, 3.05) is 0 Å². The van der Waals surface area contributed by atoms with Gasteiger partial charge >= 0.3 is 5.97 Å². The Morgan fingerprint density at radius 2 is 1.52 bits per heavy atom. The lowest BCUT2D eigenvalue weighted by Gasteiger charge is -2.03. The highest BCUT2D eigenvalue weighted by Gasteiger charge is 1.96. The summed E-state index contributed by atoms with van der Waals surface area (Å²) in [5.41, 5.74) is 0. The van der Waals surface area contributed by atoms with E-state index < -0.39 is 5.97 Å². The number of rotatable bonds is 13. The third-order valence-electron chi connectivity index (χ3n) is 3.19. The van der Waals surface area contributed by atoms with Crippen LogP contribution in [0, 0.1) is 0 Å². The lowest BCUT2D eigenvalue weighted by Crippen LogP contribution is -2.02. The van der Waals surface area contributed by atoms with Crippen molar-refractivity contribution in [1.82, 2.24) is 0 Å². The minimum absolute atomic E-state index is 0.161. The standard InChI is InChI=1S/C18H30O3/c1-2-17(19)15-13-11-9-7-5-3-4-6-8-10-12-14-16-18(20)21/h3,5-6,8-9,11,17,19H,2,4,7,10,12-16H2,1H3,(H,20,21)/b5-3-,8-6-,11-9-. The first-order valence-electron chi connectivity index (χ1n) is 8.01. The summed E-state index contributed by atoms with van der Waals surface area (Å²) in [6.07, 6.45) is 20.0. The van der Waals surface area contributed by atoms with Crippen LogP contribution >= 0.6 is 0 Å². The molecule has 0 saturated carbocycles. The zero-order valence-corrected chi connectivity index (χ0v) is 13.2. The fourth-order valence-electron chi connectivity index (χ4n) is 1.81. The van der Waals surface area contributed by atoms with Crippen molar-refractivity contribution in [3.63, 3.8) is 0 Å². The quantitative estimate of drug-likeness (QED) is 0.384. The van der Waals surface area contributed by atoms with Crippen molar-refractivity contribution in [3.8, 4) is 0 Å². The van der Waals surface area contributed by atoms with Crippen LogP contribution in [0.15, 0.2) is 36.5 Å². The van der Waals surface area contributed by atoms with Crippen molar-refractivity contribution in [2.45, 2.75) is 70.8 Å². The molecule has 0 fully saturated rings. The van der Waals surface area contributed by atoms with Crippen LogP contribution in [0.3, 0.4) is 0 Å². The minimum Gasteiger partial charge on any atom is -0.481 e. The molecular weight excluding hydrogens is 264 g/mol. The smallest absolute Gasteiger partial charge is 0.303 e. The van der Waals surface area contributed by atoms with E-state index in [1.54, 1.807) is 0 Å². The summed E-state index contributed by atoms with van der Waals surface area (Å²) >= 11 is 0. The van der Waals surface area contributed by atoms with Gasteiger partial charge in [-0.25, -0.2) is 0 Å². The molecule has 0 spiro atoms. The normalized spacial score (nSPS) is 13.6. The number of unbranched alkanes of at least 4 members (excludes halogenated alkanes) is 2. The SMILES string of the molecule is CCC(O)CC/C=C\C/C=C\C/C=C\CCCCC(=O)O. The molecule has 0 saturated heterocycles. The van der Waals surface area contributed by atoms with Gasteiger partial charge in [-0.15, -0.1) is 0 Å². The van der Waals surface area contributed by atoms with Crippen LogP contribution in [0.2, 0.25) is 0 Å². The first kappa shape index (κ1) is 19.7. The Hall–Kier alpha value is -1.35. The van der Waals surface area contributed by atoms with Crippen LogP contribution in [-0.2, 0) is 4.79 Å². The molecule has 0 aliphatic heterocycles. The molecule has 0 aliphatic rings. The predicted molar refractivity (Wildman–Crippen MR) is 88.3 cm³/mol. The fraction of sp³-hybridized carbons (Fsp3) is 0.611. The lowest BCUT2D eigenvalue weighted by atomic mass is 10.1. The molecule has 3 nitrogen and oxygen atoms in total. The van der Waals surface area contributed by atoms with Crippen LogP contribution in [0.5, 0.6) is 0 Å². The van der Waals surface area contributed by atoms with Gasteiger partial charge in [0.25, 0.3) is 0 Å². The van der Waals surface area contributed by atoms with E-state index in [-0.39, 0.29) is 12.5 Å². The molecule has 0 aromatic rings. The van der Waals surface area contributed by atoms with Gasteiger partial charge in [0.2, 0.25) is 0 Å². The molecule has 120 valence electrons. The van der Waals surface area contributed by atoms with E-state index in [0.29, 0.717) is 0 Å². The second kappa shape index (κ2) is 15.0. The number of carboxylic acids is 1. The largest absolute Gasteiger partial charge is 0.481 e. The predicted octanol–water partition coefficient (Wildman–Crippen LogP) is 4.63. The number of hydrogen-bond acceptors (Lipinski definition) is 2. The monoisotopic (exact) mass is 294 g/mol. The summed E-state index contributed by atoms with van der Waals surface area (Å²) < 4.78 is 0. The molecule has 0 bridgehead atoms. The highest BCUT2D eigenvalue weighted by atomic mass is 16.4. The van der Waals surface area contributed by atoms with Crippen molar-refractivity contribution in [3.05, 3.63) is 36.5 Å². The Bertz CT molecular complexity index is 329. The van der Waals surface area contributed by atoms with Crippen LogP contribution in [0.4, 0.5) is 0 Å². The third kappa shape index (κ3) is 16.6. The summed E-state index contributed by atoms with van der Waals surface area (Å²) in [7, 11) is 0. The molecule has 0 aromatic heterocycles. The maximum absolute atomic E-state index is 10.3. The summed E-state index contributed by atoms with van der Waals surface area (Å²) in [5, 5.41) is 17.9. The van der Waals surface area contributed by atoms with Gasteiger partial charge in [-0.2, -0.15) is 0 Å². The Morgan fingerprint density at radius 3 is 2.10 bits per heavy atom. The molecule has 1 unspecified atom stereocenters. The molecule has 0 aliphatic carbocycles. The molecule has 0 amide bonds. The number of aliphatic hydroxyl groups is 1. The average molecular weight is 294 g/mol. The fourth-order valence-corrected chi connectivity index (χ4v) is 1.81. The zero-order valence-electron chi connectivity index (χ0n) is 13.2. The first-order chi connectivity index (χ1) is 10.2. The molecule has 0 heterocycles. The number of aliphatic hydroxyl groups excluding tert-OH is 1. The number of aliphatic carboxylic acids is 1. The van der Waals surface area contributed by atoms with Crippen LogP contribution in [-0.4, -0.2) is 22.3 Å². The Kier molecular flexibility index (Phi) is 14.1. The van der Waals surface area contributed by atoms with Gasteiger partial charge in [0.05, 0.1) is 6.10 Å². The molecule has 0 aromatic carbocycles. The third-order valence-corrected chi connectivity index (χ3v) is 3.19. The average Bonchev–Trinajstić information content (AvgIpc) is 2.46. The highest BCUT2D eigenvalue weighted by Crippen LogP contribution is 2.03. The molecular formula is C18H30O3. The van der Waals surface area contributed by atoms with Gasteiger partial charge < -0.3 is 10.2 Å². The van der Waals surface area contributed by atoms with Crippen LogP contribution in [0.1, 0.15) is 64.7 Å². The first-order valence-corrected chi connectivity index (χ1v) is 8.01. The second-order valence-electron chi connectivity index (χ2n) is 5.16. The van der Waals surface area contributed by atoms with E-state index in [9.17, 15) is 9.90 Å². The summed E-state index contributed by atoms with van der Waals surface area (Å²) in [6, 6.07) is 0. The van der Waals surface area contributed by atoms with E-state index in [2.05, 4.69) is 36.5 Å². The van der Waals surface area contributed by atoms with Gasteiger partial charge in [-0.3, -0.25) is 4.79 Å². The van der Waals surface area contributed by atoms with E-state index in [0.717, 1.165) is 51.4 Å². The van der Waals surface area contributed by atoms with Crippen molar-refractivity contribution >= 4 is 5.97 Å². The van der Waals surface area contributed by atoms with Gasteiger partial charge in [0.15, 0.2) is 0 Å². The molecule has 0 rings (SSSR count). The maximum Gasteiger partial charge on any atom is 0.303 e. The minimum atomic E-state index is -0.709.